The largest absolute Gasteiger partial charge is 0.355 e. The molecule has 0 atom stereocenters. The van der Waals surface area contributed by atoms with E-state index in [0.717, 1.165) is 6.33 Å². The molecular weight excluding hydrogens is 274 g/mol. The Balaban J connectivity index is 2.65. The Morgan fingerprint density at radius 1 is 1.53 bits per heavy atom. The molecule has 0 unspecified atom stereocenters. The maximum Gasteiger partial charge on any atom is 0.348 e. The number of hydrogen-bond donors (Lipinski definition) is 2. The number of nitrogens with zero attached hydrogens (tertiary/aromatic N) is 3. The van der Waals surface area contributed by atoms with E-state index in [1.807, 2.05) is 13.8 Å². The molecule has 9 heteroatoms. The number of carbonyl (C=O) groups is 1. The van der Waals surface area contributed by atoms with E-state index < -0.39 is 10.6 Å². The molecule has 19 heavy (non-hydrogen) atoms. The van der Waals surface area contributed by atoms with E-state index in [-0.39, 0.29) is 23.4 Å². The van der Waals surface area contributed by atoms with E-state index in [9.17, 15) is 14.9 Å². The summed E-state index contributed by atoms with van der Waals surface area (Å²) in [4.78, 5) is 28.8. The van der Waals surface area contributed by atoms with Gasteiger partial charge in [0.15, 0.2) is 0 Å². The number of nitrogens with one attached hydrogen (secondary N) is 2. The molecule has 104 valence electrons. The van der Waals surface area contributed by atoms with Crippen LogP contribution in [0.25, 0.3) is 0 Å². The molecule has 2 N–H and O–H groups in total. The quantitative estimate of drug-likeness (QED) is 0.462. The lowest BCUT2D eigenvalue weighted by Gasteiger charge is -2.09. The summed E-state index contributed by atoms with van der Waals surface area (Å²) in [6.45, 7) is 4.33. The van der Waals surface area contributed by atoms with Crippen LogP contribution in [0.4, 0.5) is 11.5 Å². The molecular formula is C10H14ClN5O3. The third-order valence-electron chi connectivity index (χ3n) is 2.08. The molecule has 1 amide bonds. The van der Waals surface area contributed by atoms with Crippen LogP contribution in [0.15, 0.2) is 6.33 Å². The molecule has 1 rings (SSSR count). The Labute approximate surface area is 114 Å². The standard InChI is InChI=1S/C10H14ClN5O3/c1-6(2)3-12-7(17)4-13-10-8(16(18)19)9(11)14-5-15-10/h5-6H,3-4H2,1-2H3,(H,12,17)(H,13,14,15). The Kier molecular flexibility index (Phi) is 5.43. The fourth-order valence-electron chi connectivity index (χ4n) is 1.19. The fourth-order valence-corrected chi connectivity index (χ4v) is 1.40. The highest BCUT2D eigenvalue weighted by atomic mass is 35.5. The van der Waals surface area contributed by atoms with Crippen molar-refractivity contribution in [2.75, 3.05) is 18.4 Å². The van der Waals surface area contributed by atoms with E-state index in [0.29, 0.717) is 12.5 Å². The van der Waals surface area contributed by atoms with Crippen LogP contribution in [-0.2, 0) is 4.79 Å². The Bertz CT molecular complexity index is 480. The normalized spacial score (nSPS) is 10.3. The zero-order valence-corrected chi connectivity index (χ0v) is 11.3. The number of aromatic nitrogens is 2. The number of carbonyl (C=O) groups excluding carboxylic acids is 1. The molecule has 1 aromatic heterocycles. The van der Waals surface area contributed by atoms with Gasteiger partial charge in [0.05, 0.1) is 11.5 Å². The first-order chi connectivity index (χ1) is 8.91. The van der Waals surface area contributed by atoms with Crippen molar-refractivity contribution < 1.29 is 9.72 Å². The molecule has 0 saturated heterocycles. The molecule has 1 aromatic rings. The van der Waals surface area contributed by atoms with Crippen molar-refractivity contribution in [1.82, 2.24) is 15.3 Å². The molecule has 0 bridgehead atoms. The van der Waals surface area contributed by atoms with E-state index in [4.69, 9.17) is 11.6 Å². The first-order valence-corrected chi connectivity index (χ1v) is 5.95. The third kappa shape index (κ3) is 4.66. The van der Waals surface area contributed by atoms with Gasteiger partial charge in [-0.2, -0.15) is 0 Å². The van der Waals surface area contributed by atoms with Gasteiger partial charge in [0, 0.05) is 6.54 Å². The molecule has 8 nitrogen and oxygen atoms in total. The van der Waals surface area contributed by atoms with Gasteiger partial charge in [-0.3, -0.25) is 14.9 Å². The lowest BCUT2D eigenvalue weighted by molar-refractivity contribution is -0.384. The Morgan fingerprint density at radius 3 is 2.79 bits per heavy atom. The predicted molar refractivity (Wildman–Crippen MR) is 70.0 cm³/mol. The highest BCUT2D eigenvalue weighted by Crippen LogP contribution is 2.27. The van der Waals surface area contributed by atoms with Gasteiger partial charge in [-0.15, -0.1) is 0 Å². The Hall–Kier alpha value is -1.96. The summed E-state index contributed by atoms with van der Waals surface area (Å²) >= 11 is 5.61. The minimum Gasteiger partial charge on any atom is -0.355 e. The topological polar surface area (TPSA) is 110 Å². The number of rotatable bonds is 6. The van der Waals surface area contributed by atoms with Gasteiger partial charge >= 0.3 is 5.69 Å². The van der Waals surface area contributed by atoms with Gasteiger partial charge in [-0.1, -0.05) is 25.4 Å². The molecule has 0 aliphatic carbocycles. The van der Waals surface area contributed by atoms with E-state index in [1.54, 1.807) is 0 Å². The SMILES string of the molecule is CC(C)CNC(=O)CNc1ncnc(Cl)c1[N+](=O)[O-]. The van der Waals surface area contributed by atoms with Gasteiger partial charge in [0.25, 0.3) is 0 Å². The number of hydrogen-bond acceptors (Lipinski definition) is 6. The van der Waals surface area contributed by atoms with Crippen molar-refractivity contribution in [3.05, 3.63) is 21.6 Å². The minimum absolute atomic E-state index is 0.0790. The van der Waals surface area contributed by atoms with Gasteiger partial charge in [0.1, 0.15) is 6.33 Å². The summed E-state index contributed by atoms with van der Waals surface area (Å²) in [6.07, 6.45) is 1.09. The second kappa shape index (κ2) is 6.83. The zero-order valence-electron chi connectivity index (χ0n) is 10.5. The molecule has 0 saturated carbocycles. The minimum atomic E-state index is -0.698. The molecule has 0 aliphatic rings. The Morgan fingerprint density at radius 2 is 2.21 bits per heavy atom. The van der Waals surface area contributed by atoms with Crippen LogP contribution >= 0.6 is 11.6 Å². The van der Waals surface area contributed by atoms with Gasteiger partial charge in [-0.05, 0) is 5.92 Å². The zero-order chi connectivity index (χ0) is 14.4. The average Bonchev–Trinajstić information content (AvgIpc) is 2.33. The first-order valence-electron chi connectivity index (χ1n) is 5.57. The third-order valence-corrected chi connectivity index (χ3v) is 2.36. The number of halogens is 1. The predicted octanol–water partition coefficient (Wildman–Crippen LogP) is 1.22. The van der Waals surface area contributed by atoms with Gasteiger partial charge in [-0.25, -0.2) is 9.97 Å². The molecule has 0 fully saturated rings. The summed E-state index contributed by atoms with van der Waals surface area (Å²) in [5.74, 6) is -0.0331. The summed E-state index contributed by atoms with van der Waals surface area (Å²) in [6, 6.07) is 0. The van der Waals surface area contributed by atoms with Crippen LogP contribution in [-0.4, -0.2) is 33.9 Å². The van der Waals surface area contributed by atoms with Crippen molar-refractivity contribution in [3.63, 3.8) is 0 Å². The highest BCUT2D eigenvalue weighted by molar-refractivity contribution is 6.31. The lowest BCUT2D eigenvalue weighted by atomic mass is 10.2. The van der Waals surface area contributed by atoms with Crippen LogP contribution in [0, 0.1) is 16.0 Å². The average molecular weight is 288 g/mol. The maximum absolute atomic E-state index is 11.5. The van der Waals surface area contributed by atoms with E-state index in [2.05, 4.69) is 20.6 Å². The van der Waals surface area contributed by atoms with Crippen LogP contribution in [0.1, 0.15) is 13.8 Å². The summed E-state index contributed by atoms with van der Waals surface area (Å²) < 4.78 is 0. The molecule has 0 aromatic carbocycles. The fraction of sp³-hybridized carbons (Fsp3) is 0.500. The summed E-state index contributed by atoms with van der Waals surface area (Å²) in [7, 11) is 0. The second-order valence-corrected chi connectivity index (χ2v) is 4.53. The van der Waals surface area contributed by atoms with Crippen molar-refractivity contribution in [3.8, 4) is 0 Å². The van der Waals surface area contributed by atoms with Crippen LogP contribution in [0.3, 0.4) is 0 Å². The lowest BCUT2D eigenvalue weighted by Crippen LogP contribution is -2.32. The highest BCUT2D eigenvalue weighted by Gasteiger charge is 2.21. The van der Waals surface area contributed by atoms with Crippen molar-refractivity contribution >= 4 is 29.0 Å². The molecule has 0 radical (unpaired) electrons. The number of anilines is 1. The maximum atomic E-state index is 11.5. The summed E-state index contributed by atoms with van der Waals surface area (Å²) in [5, 5.41) is 15.8. The number of nitro groups is 1. The first kappa shape index (κ1) is 15.1. The van der Waals surface area contributed by atoms with Crippen molar-refractivity contribution in [2.45, 2.75) is 13.8 Å². The van der Waals surface area contributed by atoms with Crippen LogP contribution in [0.5, 0.6) is 0 Å². The number of amides is 1. The monoisotopic (exact) mass is 287 g/mol. The molecule has 1 heterocycles. The van der Waals surface area contributed by atoms with Gasteiger partial charge in [0.2, 0.25) is 16.9 Å². The van der Waals surface area contributed by atoms with Gasteiger partial charge < -0.3 is 10.6 Å². The van der Waals surface area contributed by atoms with Crippen molar-refractivity contribution in [2.24, 2.45) is 5.92 Å². The summed E-state index contributed by atoms with van der Waals surface area (Å²) in [5.41, 5.74) is -0.444. The smallest absolute Gasteiger partial charge is 0.348 e. The van der Waals surface area contributed by atoms with E-state index in [1.165, 1.54) is 0 Å². The molecule has 0 spiro atoms. The van der Waals surface area contributed by atoms with Crippen LogP contribution < -0.4 is 10.6 Å². The van der Waals surface area contributed by atoms with E-state index >= 15 is 0 Å². The van der Waals surface area contributed by atoms with Crippen LogP contribution in [0.2, 0.25) is 5.15 Å². The van der Waals surface area contributed by atoms with Crippen molar-refractivity contribution in [1.29, 1.82) is 0 Å². The second-order valence-electron chi connectivity index (χ2n) is 4.17. The molecule has 0 aliphatic heterocycles.